The van der Waals surface area contributed by atoms with Gasteiger partial charge in [0.15, 0.2) is 0 Å². The fraction of sp³-hybridized carbons (Fsp3) is 0.100. The van der Waals surface area contributed by atoms with Crippen LogP contribution in [0.1, 0.15) is 11.1 Å². The number of rotatable bonds is 0. The molecular formula is C20H15N. The molecule has 1 aliphatic rings. The van der Waals surface area contributed by atoms with Gasteiger partial charge in [0.1, 0.15) is 0 Å². The van der Waals surface area contributed by atoms with Gasteiger partial charge in [-0.25, -0.2) is 0 Å². The van der Waals surface area contributed by atoms with Crippen LogP contribution in [0.5, 0.6) is 0 Å². The van der Waals surface area contributed by atoms with E-state index < -0.39 is 0 Å². The third kappa shape index (κ3) is 1.36. The van der Waals surface area contributed by atoms with Crippen molar-refractivity contribution in [1.82, 2.24) is 4.57 Å². The molecular weight excluding hydrogens is 254 g/mol. The molecule has 3 aromatic carbocycles. The van der Waals surface area contributed by atoms with Crippen molar-refractivity contribution in [3.63, 3.8) is 0 Å². The molecule has 0 N–H and O–H groups in total. The largest absolute Gasteiger partial charge is 0.335 e. The summed E-state index contributed by atoms with van der Waals surface area (Å²) in [4.78, 5) is 0. The van der Waals surface area contributed by atoms with E-state index in [0.29, 0.717) is 0 Å². The lowest BCUT2D eigenvalue weighted by atomic mass is 9.93. The first-order valence-corrected chi connectivity index (χ1v) is 7.43. The lowest BCUT2D eigenvalue weighted by Crippen LogP contribution is -2.07. The third-order valence-electron chi connectivity index (χ3n) is 4.65. The number of aryl methyl sites for hydroxylation is 1. The number of nitrogens with zero attached hydrogens (tertiary/aromatic N) is 1. The Kier molecular flexibility index (Phi) is 2.00. The van der Waals surface area contributed by atoms with Crippen molar-refractivity contribution in [2.24, 2.45) is 0 Å². The summed E-state index contributed by atoms with van der Waals surface area (Å²) >= 11 is 0. The number of para-hydroxylation sites is 1. The third-order valence-corrected chi connectivity index (χ3v) is 4.65. The van der Waals surface area contributed by atoms with Crippen molar-refractivity contribution in [3.05, 3.63) is 71.8 Å². The summed E-state index contributed by atoms with van der Waals surface area (Å²) in [7, 11) is 0. The summed E-state index contributed by atoms with van der Waals surface area (Å²) < 4.78 is 2.47. The number of fused-ring (bicyclic) bond motifs is 5. The van der Waals surface area contributed by atoms with Crippen LogP contribution in [0.15, 0.2) is 60.7 Å². The van der Waals surface area contributed by atoms with Gasteiger partial charge < -0.3 is 4.57 Å². The molecule has 2 heterocycles. The first-order chi connectivity index (χ1) is 10.3. The minimum absolute atomic E-state index is 0.968. The Bertz CT molecular complexity index is 1020. The minimum atomic E-state index is 0.968. The lowest BCUT2D eigenvalue weighted by Gasteiger charge is -2.20. The van der Waals surface area contributed by atoms with Crippen LogP contribution in [0.4, 0.5) is 0 Å². The summed E-state index contributed by atoms with van der Waals surface area (Å²) in [6, 6.07) is 22.2. The molecule has 1 aromatic heterocycles. The molecule has 100 valence electrons. The van der Waals surface area contributed by atoms with Crippen molar-refractivity contribution in [1.29, 1.82) is 0 Å². The average Bonchev–Trinajstić information content (AvgIpc) is 2.83. The van der Waals surface area contributed by atoms with E-state index in [-0.39, 0.29) is 0 Å². The van der Waals surface area contributed by atoms with Gasteiger partial charge in [-0.3, -0.25) is 0 Å². The van der Waals surface area contributed by atoms with E-state index in [2.05, 4.69) is 72.2 Å². The van der Waals surface area contributed by atoms with E-state index in [1.54, 1.807) is 0 Å². The maximum absolute atomic E-state index is 2.47. The van der Waals surface area contributed by atoms with Gasteiger partial charge in [0.05, 0.1) is 5.52 Å². The van der Waals surface area contributed by atoms with Crippen molar-refractivity contribution in [2.75, 3.05) is 0 Å². The molecule has 0 fully saturated rings. The first kappa shape index (κ1) is 11.2. The summed E-state index contributed by atoms with van der Waals surface area (Å²) in [6.07, 6.45) is 0. The Hall–Kier alpha value is -2.54. The predicted molar refractivity (Wildman–Crippen MR) is 88.7 cm³/mol. The van der Waals surface area contributed by atoms with E-state index in [0.717, 1.165) is 6.54 Å². The summed E-state index contributed by atoms with van der Waals surface area (Å²) in [5, 5.41) is 2.75. The topological polar surface area (TPSA) is 4.93 Å². The molecule has 0 radical (unpaired) electrons. The normalized spacial score (nSPS) is 12.8. The van der Waals surface area contributed by atoms with Crippen LogP contribution >= 0.6 is 0 Å². The molecule has 0 bridgehead atoms. The summed E-state index contributed by atoms with van der Waals surface area (Å²) in [6.45, 7) is 3.16. The van der Waals surface area contributed by atoms with Crippen molar-refractivity contribution < 1.29 is 0 Å². The Morgan fingerprint density at radius 3 is 2.57 bits per heavy atom. The fourth-order valence-corrected chi connectivity index (χ4v) is 3.79. The van der Waals surface area contributed by atoms with E-state index in [1.807, 2.05) is 0 Å². The van der Waals surface area contributed by atoms with Crippen LogP contribution in [0.2, 0.25) is 0 Å². The second-order valence-corrected chi connectivity index (χ2v) is 5.97. The highest BCUT2D eigenvalue weighted by atomic mass is 15.0. The lowest BCUT2D eigenvalue weighted by molar-refractivity contribution is 0.860. The smallest absolute Gasteiger partial charge is 0.0574 e. The van der Waals surface area contributed by atoms with Gasteiger partial charge >= 0.3 is 0 Å². The van der Waals surface area contributed by atoms with Gasteiger partial charge in [-0.1, -0.05) is 42.5 Å². The van der Waals surface area contributed by atoms with Crippen molar-refractivity contribution in [3.8, 4) is 11.1 Å². The molecule has 0 saturated heterocycles. The highest BCUT2D eigenvalue weighted by molar-refractivity contribution is 6.13. The molecule has 1 aliphatic heterocycles. The van der Waals surface area contributed by atoms with Gasteiger partial charge in [-0.05, 0) is 41.8 Å². The number of hydrogen-bond donors (Lipinski definition) is 0. The van der Waals surface area contributed by atoms with Gasteiger partial charge in [-0.15, -0.1) is 0 Å². The minimum Gasteiger partial charge on any atom is -0.335 e. The van der Waals surface area contributed by atoms with Gasteiger partial charge in [-0.2, -0.15) is 0 Å². The number of hydrogen-bond acceptors (Lipinski definition) is 0. The Labute approximate surface area is 123 Å². The zero-order chi connectivity index (χ0) is 14.0. The molecule has 21 heavy (non-hydrogen) atoms. The fourth-order valence-electron chi connectivity index (χ4n) is 3.79. The van der Waals surface area contributed by atoms with E-state index in [9.17, 15) is 0 Å². The quantitative estimate of drug-likeness (QED) is 0.367. The number of benzene rings is 3. The average molecular weight is 269 g/mol. The van der Waals surface area contributed by atoms with E-state index in [1.165, 1.54) is 44.1 Å². The molecule has 0 spiro atoms. The molecule has 1 nitrogen and oxygen atoms in total. The second kappa shape index (κ2) is 3.76. The Balaban J connectivity index is 2.08. The molecule has 0 amide bonds. The SMILES string of the molecule is Cc1cc2c3c(c1)c1ccccc1n3Cc1ccccc1-2. The Morgan fingerprint density at radius 1 is 0.810 bits per heavy atom. The highest BCUT2D eigenvalue weighted by Crippen LogP contribution is 2.41. The predicted octanol–water partition coefficient (Wildman–Crippen LogP) is 5.13. The van der Waals surface area contributed by atoms with Crippen LogP contribution < -0.4 is 0 Å². The molecule has 1 heteroatoms. The molecule has 0 unspecified atom stereocenters. The standard InChI is InChI=1S/C20H15N/c1-13-10-17-15-7-3-2-6-14(15)12-21-19-9-5-4-8-16(19)18(11-13)20(17)21/h2-11H,12H2,1H3. The molecule has 0 atom stereocenters. The van der Waals surface area contributed by atoms with Crippen molar-refractivity contribution >= 4 is 21.8 Å². The van der Waals surface area contributed by atoms with Crippen LogP contribution in [-0.2, 0) is 6.54 Å². The summed E-state index contributed by atoms with van der Waals surface area (Å²) in [5.74, 6) is 0. The van der Waals surface area contributed by atoms with Crippen LogP contribution in [0.3, 0.4) is 0 Å². The highest BCUT2D eigenvalue weighted by Gasteiger charge is 2.21. The zero-order valence-electron chi connectivity index (χ0n) is 11.9. The Morgan fingerprint density at radius 2 is 1.62 bits per heavy atom. The van der Waals surface area contributed by atoms with Gasteiger partial charge in [0.2, 0.25) is 0 Å². The molecule has 0 aliphatic carbocycles. The first-order valence-electron chi connectivity index (χ1n) is 7.43. The number of aromatic nitrogens is 1. The van der Waals surface area contributed by atoms with Crippen LogP contribution in [0, 0.1) is 6.92 Å². The summed E-state index contributed by atoms with van der Waals surface area (Å²) in [5.41, 5.74) is 8.24. The molecule has 4 aromatic rings. The van der Waals surface area contributed by atoms with E-state index in [4.69, 9.17) is 0 Å². The monoisotopic (exact) mass is 269 g/mol. The van der Waals surface area contributed by atoms with Crippen LogP contribution in [-0.4, -0.2) is 4.57 Å². The van der Waals surface area contributed by atoms with Gasteiger partial charge in [0.25, 0.3) is 0 Å². The maximum Gasteiger partial charge on any atom is 0.0574 e. The second-order valence-electron chi connectivity index (χ2n) is 5.97. The van der Waals surface area contributed by atoms with E-state index >= 15 is 0 Å². The molecule has 0 saturated carbocycles. The van der Waals surface area contributed by atoms with Crippen LogP contribution in [0.25, 0.3) is 32.9 Å². The maximum atomic E-state index is 2.47. The van der Waals surface area contributed by atoms with Crippen molar-refractivity contribution in [2.45, 2.75) is 13.5 Å². The zero-order valence-corrected chi connectivity index (χ0v) is 11.9. The molecule has 5 rings (SSSR count). The van der Waals surface area contributed by atoms with Gasteiger partial charge in [0, 0.05) is 28.4 Å².